The van der Waals surface area contributed by atoms with Crippen LogP contribution in [0.2, 0.25) is 5.02 Å². The number of rotatable bonds is 5. The molecule has 2 aromatic rings. The summed E-state index contributed by atoms with van der Waals surface area (Å²) in [5.41, 5.74) is 7.58. The molecule has 1 aromatic carbocycles. The van der Waals surface area contributed by atoms with Gasteiger partial charge in [-0.1, -0.05) is 23.8 Å². The van der Waals surface area contributed by atoms with E-state index in [1.165, 1.54) is 0 Å². The predicted octanol–water partition coefficient (Wildman–Crippen LogP) is 3.13. The van der Waals surface area contributed by atoms with Crippen molar-refractivity contribution in [2.45, 2.75) is 0 Å². The van der Waals surface area contributed by atoms with Gasteiger partial charge in [-0.25, -0.2) is 0 Å². The van der Waals surface area contributed by atoms with Gasteiger partial charge in [0.25, 0.3) is 0 Å². The van der Waals surface area contributed by atoms with E-state index in [0.29, 0.717) is 27.9 Å². The minimum Gasteiger partial charge on any atom is -0.495 e. The molecule has 1 heterocycles. The second kappa shape index (κ2) is 6.60. The van der Waals surface area contributed by atoms with E-state index in [1.54, 1.807) is 44.7 Å². The summed E-state index contributed by atoms with van der Waals surface area (Å²) in [6.45, 7) is 0. The zero-order chi connectivity index (χ0) is 15.4. The Morgan fingerprint density at radius 3 is 2.57 bits per heavy atom. The molecule has 110 valence electrons. The molecule has 0 aliphatic heterocycles. The van der Waals surface area contributed by atoms with Gasteiger partial charge < -0.3 is 20.5 Å². The Labute approximate surface area is 133 Å². The minimum absolute atomic E-state index is 0.235. The van der Waals surface area contributed by atoms with E-state index in [1.807, 2.05) is 0 Å². The van der Waals surface area contributed by atoms with Crippen molar-refractivity contribution in [2.75, 3.05) is 19.5 Å². The average molecular weight is 324 g/mol. The van der Waals surface area contributed by atoms with Crippen LogP contribution < -0.4 is 20.5 Å². The molecule has 0 aliphatic carbocycles. The lowest BCUT2D eigenvalue weighted by Crippen LogP contribution is -2.11. The fourth-order valence-electron chi connectivity index (χ4n) is 1.76. The number of methoxy groups -OCH3 is 2. The van der Waals surface area contributed by atoms with Crippen LogP contribution in [0, 0.1) is 0 Å². The number of thiocarbonyl (C=S) groups is 1. The molecule has 21 heavy (non-hydrogen) atoms. The van der Waals surface area contributed by atoms with Crippen molar-refractivity contribution in [3.05, 3.63) is 41.2 Å². The number of hydrogen-bond donors (Lipinski definition) is 2. The Morgan fingerprint density at radius 2 is 1.95 bits per heavy atom. The van der Waals surface area contributed by atoms with Crippen LogP contribution in [-0.4, -0.2) is 24.2 Å². The number of nitrogens with two attached hydrogens (primary N) is 1. The number of benzene rings is 1. The van der Waals surface area contributed by atoms with E-state index in [-0.39, 0.29) is 4.99 Å². The summed E-state index contributed by atoms with van der Waals surface area (Å²) in [7, 11) is 3.12. The molecular weight excluding hydrogens is 310 g/mol. The van der Waals surface area contributed by atoms with E-state index in [9.17, 15) is 0 Å². The van der Waals surface area contributed by atoms with Crippen molar-refractivity contribution in [3.63, 3.8) is 0 Å². The molecule has 0 spiro atoms. The average Bonchev–Trinajstić information content (AvgIpc) is 2.48. The van der Waals surface area contributed by atoms with E-state index >= 15 is 0 Å². The molecule has 0 amide bonds. The molecule has 0 fully saturated rings. The molecule has 2 rings (SSSR count). The quantitative estimate of drug-likeness (QED) is 0.824. The van der Waals surface area contributed by atoms with Crippen LogP contribution in [0.4, 0.5) is 11.4 Å². The molecule has 0 atom stereocenters. The minimum atomic E-state index is 0.235. The molecule has 7 heteroatoms. The van der Waals surface area contributed by atoms with Gasteiger partial charge in [-0.3, -0.25) is 4.98 Å². The molecule has 0 unspecified atom stereocenters. The molecule has 0 bridgehead atoms. The lowest BCUT2D eigenvalue weighted by Gasteiger charge is -2.14. The first kappa shape index (κ1) is 15.3. The Bertz CT molecular complexity index is 679. The fourth-order valence-corrected chi connectivity index (χ4v) is 2.11. The number of aromatic nitrogens is 1. The highest BCUT2D eigenvalue weighted by Crippen LogP contribution is 2.37. The van der Waals surface area contributed by atoms with Crippen LogP contribution >= 0.6 is 23.8 Å². The maximum Gasteiger partial charge on any atom is 0.146 e. The SMILES string of the molecule is COc1cc(OC)c(Nc2ccnc(C(N)=S)c2)cc1Cl. The second-order valence-electron chi connectivity index (χ2n) is 4.11. The Kier molecular flexibility index (Phi) is 4.82. The number of anilines is 2. The van der Waals surface area contributed by atoms with E-state index in [2.05, 4.69) is 10.3 Å². The Balaban J connectivity index is 2.37. The van der Waals surface area contributed by atoms with Gasteiger partial charge in [-0.15, -0.1) is 0 Å². The summed E-state index contributed by atoms with van der Waals surface area (Å²) in [6.07, 6.45) is 1.62. The lowest BCUT2D eigenvalue weighted by atomic mass is 10.2. The topological polar surface area (TPSA) is 69.4 Å². The highest BCUT2D eigenvalue weighted by molar-refractivity contribution is 7.80. The van der Waals surface area contributed by atoms with Crippen molar-refractivity contribution >= 4 is 40.2 Å². The lowest BCUT2D eigenvalue weighted by molar-refractivity contribution is 0.396. The summed E-state index contributed by atoms with van der Waals surface area (Å²) in [5.74, 6) is 1.14. The zero-order valence-corrected chi connectivity index (χ0v) is 13.1. The van der Waals surface area contributed by atoms with Gasteiger partial charge in [0.05, 0.1) is 30.6 Å². The molecule has 5 nitrogen and oxygen atoms in total. The molecule has 1 aromatic heterocycles. The highest BCUT2D eigenvalue weighted by atomic mass is 35.5. The molecule has 0 saturated heterocycles. The monoisotopic (exact) mass is 323 g/mol. The maximum absolute atomic E-state index is 6.13. The van der Waals surface area contributed by atoms with Crippen molar-refractivity contribution in [1.82, 2.24) is 4.98 Å². The van der Waals surface area contributed by atoms with Crippen LogP contribution in [0.3, 0.4) is 0 Å². The van der Waals surface area contributed by atoms with E-state index in [4.69, 9.17) is 39.0 Å². The first-order valence-corrected chi connectivity index (χ1v) is 6.78. The smallest absolute Gasteiger partial charge is 0.146 e. The number of halogens is 1. The highest BCUT2D eigenvalue weighted by Gasteiger charge is 2.10. The fraction of sp³-hybridized carbons (Fsp3) is 0.143. The molecule has 3 N–H and O–H groups in total. The van der Waals surface area contributed by atoms with Crippen LogP contribution in [-0.2, 0) is 0 Å². The van der Waals surface area contributed by atoms with Crippen LogP contribution in [0.25, 0.3) is 0 Å². The van der Waals surface area contributed by atoms with Gasteiger partial charge >= 0.3 is 0 Å². The van der Waals surface area contributed by atoms with Gasteiger partial charge in [0.2, 0.25) is 0 Å². The third kappa shape index (κ3) is 3.53. The Hall–Kier alpha value is -2.05. The summed E-state index contributed by atoms with van der Waals surface area (Å²) in [5, 5.41) is 3.67. The predicted molar refractivity (Wildman–Crippen MR) is 88.0 cm³/mol. The number of nitrogens with zero attached hydrogens (tertiary/aromatic N) is 1. The van der Waals surface area contributed by atoms with Crippen LogP contribution in [0.15, 0.2) is 30.5 Å². The van der Waals surface area contributed by atoms with Crippen molar-refractivity contribution in [3.8, 4) is 11.5 Å². The number of nitrogens with one attached hydrogen (secondary N) is 1. The molecule has 0 radical (unpaired) electrons. The summed E-state index contributed by atoms with van der Waals surface area (Å²) in [6, 6.07) is 6.97. The summed E-state index contributed by atoms with van der Waals surface area (Å²) >= 11 is 11.0. The number of hydrogen-bond acceptors (Lipinski definition) is 5. The van der Waals surface area contributed by atoms with E-state index < -0.39 is 0 Å². The zero-order valence-electron chi connectivity index (χ0n) is 11.5. The van der Waals surface area contributed by atoms with Crippen LogP contribution in [0.1, 0.15) is 5.69 Å². The van der Waals surface area contributed by atoms with Crippen LogP contribution in [0.5, 0.6) is 11.5 Å². The Morgan fingerprint density at radius 1 is 1.24 bits per heavy atom. The first-order valence-electron chi connectivity index (χ1n) is 5.99. The van der Waals surface area contributed by atoms with Gasteiger partial charge in [0, 0.05) is 18.0 Å². The summed E-state index contributed by atoms with van der Waals surface area (Å²) < 4.78 is 10.5. The maximum atomic E-state index is 6.13. The molecule has 0 aliphatic rings. The normalized spacial score (nSPS) is 10.0. The van der Waals surface area contributed by atoms with Crippen molar-refractivity contribution < 1.29 is 9.47 Å². The van der Waals surface area contributed by atoms with Crippen molar-refractivity contribution in [2.24, 2.45) is 5.73 Å². The van der Waals surface area contributed by atoms with Gasteiger partial charge in [-0.2, -0.15) is 0 Å². The molecular formula is C14H14ClN3O2S. The number of ether oxygens (including phenoxy) is 2. The standard InChI is InChI=1S/C14H14ClN3O2S/c1-19-12-7-13(20-2)10(6-9(12)15)18-8-3-4-17-11(5-8)14(16)21/h3-7H,1-2H3,(H2,16,21)(H,17,18). The van der Waals surface area contributed by atoms with Crippen molar-refractivity contribution in [1.29, 1.82) is 0 Å². The van der Waals surface area contributed by atoms with E-state index in [0.717, 1.165) is 5.69 Å². The summed E-state index contributed by atoms with van der Waals surface area (Å²) in [4.78, 5) is 4.32. The number of pyridine rings is 1. The third-order valence-corrected chi connectivity index (χ3v) is 3.27. The largest absolute Gasteiger partial charge is 0.495 e. The molecule has 0 saturated carbocycles. The van der Waals surface area contributed by atoms with Gasteiger partial charge in [-0.05, 0) is 18.2 Å². The second-order valence-corrected chi connectivity index (χ2v) is 4.95. The third-order valence-electron chi connectivity index (χ3n) is 2.77. The van der Waals surface area contributed by atoms with Gasteiger partial charge in [0.15, 0.2) is 0 Å². The van der Waals surface area contributed by atoms with Gasteiger partial charge in [0.1, 0.15) is 16.5 Å². The first-order chi connectivity index (χ1) is 10.0.